The van der Waals surface area contributed by atoms with Crippen LogP contribution in [0, 0.1) is 13.8 Å². The zero-order valence-corrected chi connectivity index (χ0v) is 10.9. The van der Waals surface area contributed by atoms with Crippen LogP contribution in [0.25, 0.3) is 10.9 Å². The number of rotatable bonds is 1. The molecule has 15 heavy (non-hydrogen) atoms. The van der Waals surface area contributed by atoms with Crippen LogP contribution in [-0.4, -0.2) is 0 Å². The van der Waals surface area contributed by atoms with Crippen molar-refractivity contribution in [3.63, 3.8) is 0 Å². The Morgan fingerprint density at radius 3 is 2.40 bits per heavy atom. The van der Waals surface area contributed by atoms with Crippen molar-refractivity contribution in [2.75, 3.05) is 0 Å². The molecule has 0 aliphatic heterocycles. The van der Waals surface area contributed by atoms with Gasteiger partial charge in [-0.25, -0.2) is 0 Å². The molecule has 0 radical (unpaired) electrons. The van der Waals surface area contributed by atoms with Crippen LogP contribution in [0.1, 0.15) is 36.6 Å². The van der Waals surface area contributed by atoms with Gasteiger partial charge in [-0.3, -0.25) is 0 Å². The molecule has 0 aliphatic carbocycles. The van der Waals surface area contributed by atoms with Crippen LogP contribution in [0.15, 0.2) is 10.8 Å². The minimum absolute atomic E-state index is 0.581. The molecule has 0 fully saturated rings. The first-order valence-corrected chi connectivity index (χ1v) is 6.33. The third-order valence-corrected chi connectivity index (χ3v) is 3.99. The van der Waals surface area contributed by atoms with Gasteiger partial charge in [-0.05, 0) is 19.4 Å². The summed E-state index contributed by atoms with van der Waals surface area (Å²) < 4.78 is 2.35. The third kappa shape index (κ3) is 1.48. The highest BCUT2D eigenvalue weighted by Crippen LogP contribution is 2.26. The van der Waals surface area contributed by atoms with E-state index in [0.717, 1.165) is 0 Å². The van der Waals surface area contributed by atoms with E-state index in [1.807, 2.05) is 0 Å². The Bertz CT molecular complexity index is 509. The van der Waals surface area contributed by atoms with Gasteiger partial charge in [-0.1, -0.05) is 13.8 Å². The second-order valence-electron chi connectivity index (χ2n) is 4.52. The lowest BCUT2D eigenvalue weighted by Gasteiger charge is -2.10. The molecule has 0 atom stereocenters. The zero-order chi connectivity index (χ0) is 11.2. The Kier molecular flexibility index (Phi) is 2.55. The first kappa shape index (κ1) is 10.6. The molecule has 0 N–H and O–H groups in total. The molecule has 2 heteroatoms. The number of nitrogens with zero attached hydrogens (tertiary/aromatic N) is 1. The fourth-order valence-corrected chi connectivity index (χ4v) is 3.34. The van der Waals surface area contributed by atoms with Crippen LogP contribution in [0.2, 0.25) is 0 Å². The van der Waals surface area contributed by atoms with Crippen LogP contribution in [-0.2, 0) is 7.05 Å². The molecule has 0 aliphatic rings. The highest BCUT2D eigenvalue weighted by Gasteiger charge is 2.21. The number of thiophene rings is 1. The Balaban J connectivity index is 2.92. The molecule has 80 valence electrons. The number of hydrogen-bond donors (Lipinski definition) is 0. The molecule has 0 saturated carbocycles. The van der Waals surface area contributed by atoms with Gasteiger partial charge in [0.25, 0.3) is 0 Å². The molecular formula is C13H18NS+. The van der Waals surface area contributed by atoms with E-state index in [4.69, 9.17) is 0 Å². The highest BCUT2D eigenvalue weighted by atomic mass is 32.1. The predicted octanol–water partition coefficient (Wildman–Crippen LogP) is 3.47. The van der Waals surface area contributed by atoms with E-state index >= 15 is 0 Å². The van der Waals surface area contributed by atoms with E-state index in [9.17, 15) is 0 Å². The van der Waals surface area contributed by atoms with Crippen molar-refractivity contribution in [2.45, 2.75) is 33.6 Å². The first-order chi connectivity index (χ1) is 7.04. The summed E-state index contributed by atoms with van der Waals surface area (Å²) in [4.78, 5) is 0. The second kappa shape index (κ2) is 3.60. The lowest BCUT2D eigenvalue weighted by molar-refractivity contribution is -0.654. The van der Waals surface area contributed by atoms with Crippen molar-refractivity contribution in [2.24, 2.45) is 7.05 Å². The van der Waals surface area contributed by atoms with Gasteiger partial charge >= 0.3 is 0 Å². The van der Waals surface area contributed by atoms with Gasteiger partial charge in [0.15, 0.2) is 5.69 Å². The Labute approximate surface area is 95.4 Å². The summed E-state index contributed by atoms with van der Waals surface area (Å²) in [5.41, 5.74) is 5.71. The summed E-state index contributed by atoms with van der Waals surface area (Å²) in [7, 11) is 2.18. The van der Waals surface area contributed by atoms with Gasteiger partial charge in [0, 0.05) is 16.9 Å². The molecular weight excluding hydrogens is 202 g/mol. The third-order valence-electron chi connectivity index (χ3n) is 3.26. The van der Waals surface area contributed by atoms with E-state index in [1.165, 1.54) is 27.7 Å². The summed E-state index contributed by atoms with van der Waals surface area (Å²) in [5.74, 6) is 0.581. The average Bonchev–Trinajstić information content (AvgIpc) is 2.62. The van der Waals surface area contributed by atoms with Gasteiger partial charge in [-0.15, -0.1) is 11.3 Å². The SMILES string of the molecule is Cc1c(C)c2cscc2[n+](C)c1C(C)C. The Morgan fingerprint density at radius 2 is 1.80 bits per heavy atom. The summed E-state index contributed by atoms with van der Waals surface area (Å²) in [5, 5.41) is 5.90. The standard InChI is InChI=1S/C13H18NS/c1-8(2)13-10(4)9(3)11-6-15-7-12(11)14(13)5/h6-8H,1-5H3/q+1. The number of hydrogen-bond acceptors (Lipinski definition) is 1. The van der Waals surface area contributed by atoms with E-state index in [0.29, 0.717) is 5.92 Å². The second-order valence-corrected chi connectivity index (χ2v) is 5.26. The number of aryl methyl sites for hydroxylation is 2. The molecule has 2 aromatic heterocycles. The van der Waals surface area contributed by atoms with Crippen molar-refractivity contribution in [1.29, 1.82) is 0 Å². The molecule has 0 saturated heterocycles. The van der Waals surface area contributed by atoms with E-state index in [1.54, 1.807) is 11.3 Å². The normalized spacial score (nSPS) is 11.6. The maximum absolute atomic E-state index is 2.35. The zero-order valence-electron chi connectivity index (χ0n) is 10.1. The number of aromatic nitrogens is 1. The van der Waals surface area contributed by atoms with Crippen molar-refractivity contribution in [1.82, 2.24) is 0 Å². The van der Waals surface area contributed by atoms with Crippen LogP contribution in [0.4, 0.5) is 0 Å². The van der Waals surface area contributed by atoms with E-state index < -0.39 is 0 Å². The van der Waals surface area contributed by atoms with Crippen molar-refractivity contribution >= 4 is 22.2 Å². The van der Waals surface area contributed by atoms with Gasteiger partial charge in [-0.2, -0.15) is 4.57 Å². The molecule has 0 unspecified atom stereocenters. The lowest BCUT2D eigenvalue weighted by atomic mass is 9.98. The number of fused-ring (bicyclic) bond motifs is 1. The molecule has 0 bridgehead atoms. The minimum Gasteiger partial charge on any atom is -0.197 e. The van der Waals surface area contributed by atoms with Gasteiger partial charge in [0.2, 0.25) is 5.52 Å². The van der Waals surface area contributed by atoms with Crippen LogP contribution in [0.3, 0.4) is 0 Å². The van der Waals surface area contributed by atoms with Gasteiger partial charge in [0.1, 0.15) is 7.05 Å². The Hall–Kier alpha value is -0.890. The molecule has 0 aromatic carbocycles. The smallest absolute Gasteiger partial charge is 0.197 e. The predicted molar refractivity (Wildman–Crippen MR) is 66.6 cm³/mol. The molecule has 0 amide bonds. The molecule has 2 heterocycles. The quantitative estimate of drug-likeness (QED) is 0.648. The molecule has 2 aromatic rings. The summed E-state index contributed by atoms with van der Waals surface area (Å²) >= 11 is 1.79. The van der Waals surface area contributed by atoms with Crippen molar-refractivity contribution in [3.05, 3.63) is 27.6 Å². The maximum Gasteiger partial charge on any atom is 0.223 e. The lowest BCUT2D eigenvalue weighted by Crippen LogP contribution is -2.36. The van der Waals surface area contributed by atoms with Crippen LogP contribution in [0.5, 0.6) is 0 Å². The molecule has 2 rings (SSSR count). The summed E-state index contributed by atoms with van der Waals surface area (Å²) in [6.07, 6.45) is 0. The van der Waals surface area contributed by atoms with Gasteiger partial charge < -0.3 is 0 Å². The van der Waals surface area contributed by atoms with Crippen LogP contribution >= 0.6 is 11.3 Å². The number of pyridine rings is 1. The minimum atomic E-state index is 0.581. The highest BCUT2D eigenvalue weighted by molar-refractivity contribution is 7.09. The fourth-order valence-electron chi connectivity index (χ4n) is 2.43. The van der Waals surface area contributed by atoms with E-state index in [2.05, 4.69) is 50.1 Å². The largest absolute Gasteiger partial charge is 0.223 e. The summed E-state index contributed by atoms with van der Waals surface area (Å²) in [6, 6.07) is 0. The first-order valence-electron chi connectivity index (χ1n) is 5.39. The van der Waals surface area contributed by atoms with Crippen LogP contribution < -0.4 is 4.57 Å². The summed E-state index contributed by atoms with van der Waals surface area (Å²) in [6.45, 7) is 9.00. The topological polar surface area (TPSA) is 3.88 Å². The Morgan fingerprint density at radius 1 is 1.13 bits per heavy atom. The van der Waals surface area contributed by atoms with Crippen molar-refractivity contribution in [3.8, 4) is 0 Å². The fraction of sp³-hybridized carbons (Fsp3) is 0.462. The molecule has 1 nitrogen and oxygen atoms in total. The van der Waals surface area contributed by atoms with Crippen molar-refractivity contribution < 1.29 is 4.57 Å². The average molecular weight is 220 g/mol. The monoisotopic (exact) mass is 220 g/mol. The maximum atomic E-state index is 2.35. The molecule has 0 spiro atoms. The van der Waals surface area contributed by atoms with E-state index in [-0.39, 0.29) is 0 Å². The van der Waals surface area contributed by atoms with Gasteiger partial charge in [0.05, 0.1) is 10.8 Å².